The average molecular weight is 366 g/mol. The number of carbonyl (C=O) groups is 1. The lowest BCUT2D eigenvalue weighted by atomic mass is 9.93. The van der Waals surface area contributed by atoms with Crippen molar-refractivity contribution in [3.8, 4) is 11.5 Å². The summed E-state index contributed by atoms with van der Waals surface area (Å²) in [7, 11) is 1.71. The number of anilines is 1. The van der Waals surface area contributed by atoms with E-state index in [2.05, 4.69) is 6.92 Å². The van der Waals surface area contributed by atoms with E-state index in [1.807, 2.05) is 47.4 Å². The lowest BCUT2D eigenvalue weighted by Crippen LogP contribution is -2.40. The molecule has 0 fully saturated rings. The lowest BCUT2D eigenvalue weighted by molar-refractivity contribution is -0.117. The van der Waals surface area contributed by atoms with Gasteiger partial charge in [0.15, 0.2) is 0 Å². The molecule has 4 N–H and O–H groups in total. The summed E-state index contributed by atoms with van der Waals surface area (Å²) in [6.07, 6.45) is 3.32. The van der Waals surface area contributed by atoms with Crippen LogP contribution in [0, 0.1) is 0 Å². The molecule has 6 heteroatoms. The first-order valence-electron chi connectivity index (χ1n) is 9.02. The van der Waals surface area contributed by atoms with E-state index in [4.69, 9.17) is 16.3 Å². The smallest absolute Gasteiger partial charge is 0.224 e. The molecule has 0 saturated heterocycles. The molecule has 3 rings (SSSR count). The first-order chi connectivity index (χ1) is 12.9. The van der Waals surface area contributed by atoms with Gasteiger partial charge < -0.3 is 20.4 Å². The second-order valence-electron chi connectivity index (χ2n) is 6.88. The molecule has 1 aliphatic rings. The van der Waals surface area contributed by atoms with Crippen molar-refractivity contribution in [2.75, 3.05) is 11.9 Å². The number of nitrogens with two attached hydrogens (primary N) is 2. The molecular weight excluding hydrogens is 340 g/mol. The highest BCUT2D eigenvalue weighted by Crippen LogP contribution is 2.42. The van der Waals surface area contributed by atoms with Gasteiger partial charge in [-0.05, 0) is 44.0 Å². The molecule has 0 aromatic heterocycles. The minimum Gasteiger partial charge on any atom is -0.456 e. The van der Waals surface area contributed by atoms with Gasteiger partial charge in [0.05, 0.1) is 11.4 Å². The molecule has 0 bridgehead atoms. The maximum Gasteiger partial charge on any atom is 0.224 e. The van der Waals surface area contributed by atoms with E-state index in [9.17, 15) is 4.79 Å². The predicted molar refractivity (Wildman–Crippen MR) is 108 cm³/mol. The number of hydrogen-bond donors (Lipinski definition) is 2. The fraction of sp³-hybridized carbons (Fsp3) is 0.286. The van der Waals surface area contributed by atoms with Crippen LogP contribution in [0.4, 0.5) is 5.69 Å². The van der Waals surface area contributed by atoms with Crippen molar-refractivity contribution in [3.63, 3.8) is 0 Å². The van der Waals surface area contributed by atoms with Gasteiger partial charge in [-0.25, -0.2) is 5.84 Å². The van der Waals surface area contributed by atoms with Crippen molar-refractivity contribution in [1.29, 1.82) is 0 Å². The summed E-state index contributed by atoms with van der Waals surface area (Å²) in [5, 5.41) is 1.41. The number of amides is 1. The molecule has 1 amide bonds. The number of rotatable bonds is 4. The predicted octanol–water partition coefficient (Wildman–Crippen LogP) is 3.23. The number of fused-ring (bicyclic) bond motifs is 1. The highest BCUT2D eigenvalue weighted by Gasteiger charge is 2.30. The first-order valence-corrected chi connectivity index (χ1v) is 9.02. The Hall–Kier alpha value is -2.99. The maximum absolute atomic E-state index is 12.2. The molecule has 1 heterocycles. The van der Waals surface area contributed by atoms with Gasteiger partial charge in [-0.2, -0.15) is 0 Å². The second-order valence-corrected chi connectivity index (χ2v) is 6.88. The Morgan fingerprint density at radius 2 is 1.96 bits per heavy atom. The van der Waals surface area contributed by atoms with Crippen LogP contribution in [-0.4, -0.2) is 24.0 Å². The molecule has 142 valence electrons. The van der Waals surface area contributed by atoms with Gasteiger partial charge in [0, 0.05) is 37.3 Å². The summed E-state index contributed by atoms with van der Waals surface area (Å²) in [4.78, 5) is 14.1. The molecule has 2 aromatic carbocycles. The Bertz CT molecular complexity index is 862. The molecule has 0 aliphatic carbocycles. The normalized spacial score (nSPS) is 16.7. The standard InChI is InChI=1S/C21H26N4O2/c1-14-9-10-18-20(25(14)15(2)26)12-11-17(19(22)13-24(3)23)21(18)27-16-7-5-4-6-8-16/h4-8,11-14H,9-10,22-23H2,1-3H3/b19-13-. The van der Waals surface area contributed by atoms with Crippen molar-refractivity contribution >= 4 is 17.3 Å². The van der Waals surface area contributed by atoms with Gasteiger partial charge in [-0.3, -0.25) is 4.79 Å². The summed E-state index contributed by atoms with van der Waals surface area (Å²) in [5.74, 6) is 7.15. The van der Waals surface area contributed by atoms with E-state index in [0.29, 0.717) is 17.2 Å². The highest BCUT2D eigenvalue weighted by molar-refractivity contribution is 5.94. The van der Waals surface area contributed by atoms with Crippen LogP contribution >= 0.6 is 0 Å². The number of para-hydroxylation sites is 1. The number of hydrogen-bond acceptors (Lipinski definition) is 5. The van der Waals surface area contributed by atoms with E-state index in [1.165, 1.54) is 5.01 Å². The fourth-order valence-corrected chi connectivity index (χ4v) is 3.52. The highest BCUT2D eigenvalue weighted by atomic mass is 16.5. The molecule has 1 aliphatic heterocycles. The zero-order valence-electron chi connectivity index (χ0n) is 16.0. The van der Waals surface area contributed by atoms with Crippen LogP contribution in [0.2, 0.25) is 0 Å². The van der Waals surface area contributed by atoms with Crippen molar-refractivity contribution in [1.82, 2.24) is 5.01 Å². The molecule has 1 atom stereocenters. The van der Waals surface area contributed by atoms with Crippen LogP contribution in [-0.2, 0) is 11.2 Å². The third-order valence-corrected chi connectivity index (χ3v) is 4.70. The monoisotopic (exact) mass is 366 g/mol. The molecule has 2 aromatic rings. The topological polar surface area (TPSA) is 84.8 Å². The van der Waals surface area contributed by atoms with Crippen molar-refractivity contribution < 1.29 is 9.53 Å². The zero-order chi connectivity index (χ0) is 19.6. The van der Waals surface area contributed by atoms with Crippen LogP contribution in [0.5, 0.6) is 11.5 Å². The minimum absolute atomic E-state index is 0.0204. The third-order valence-electron chi connectivity index (χ3n) is 4.70. The summed E-state index contributed by atoms with van der Waals surface area (Å²) < 4.78 is 6.26. The molecule has 1 unspecified atom stereocenters. The Morgan fingerprint density at radius 3 is 2.59 bits per heavy atom. The van der Waals surface area contributed by atoms with Gasteiger partial charge in [0.1, 0.15) is 11.5 Å². The first kappa shape index (κ1) is 18.8. The number of benzene rings is 2. The Balaban J connectivity index is 2.17. The zero-order valence-corrected chi connectivity index (χ0v) is 16.0. The maximum atomic E-state index is 12.2. The largest absolute Gasteiger partial charge is 0.456 e. The van der Waals surface area contributed by atoms with E-state index in [0.717, 1.165) is 29.7 Å². The number of nitrogens with zero attached hydrogens (tertiary/aromatic N) is 2. The van der Waals surface area contributed by atoms with Crippen molar-refractivity contribution in [2.24, 2.45) is 11.6 Å². The number of carbonyl (C=O) groups excluding carboxylic acids is 1. The second kappa shape index (κ2) is 7.72. The quantitative estimate of drug-likeness (QED) is 0.641. The van der Waals surface area contributed by atoms with Crippen molar-refractivity contribution in [2.45, 2.75) is 32.7 Å². The van der Waals surface area contributed by atoms with Crippen LogP contribution in [0.1, 0.15) is 31.4 Å². The number of ether oxygens (including phenoxy) is 1. The molecule has 0 saturated carbocycles. The summed E-state index contributed by atoms with van der Waals surface area (Å²) >= 11 is 0. The van der Waals surface area contributed by atoms with Gasteiger partial charge in [-0.1, -0.05) is 18.2 Å². The molecular formula is C21H26N4O2. The van der Waals surface area contributed by atoms with Crippen LogP contribution in [0.3, 0.4) is 0 Å². The summed E-state index contributed by atoms with van der Waals surface area (Å²) in [6, 6.07) is 13.5. The SMILES string of the molecule is CC(=O)N1c2ccc(/C(N)=C/N(C)N)c(Oc3ccccc3)c2CCC1C. The third kappa shape index (κ3) is 3.90. The Morgan fingerprint density at radius 1 is 1.26 bits per heavy atom. The molecule has 0 spiro atoms. The molecule has 0 radical (unpaired) electrons. The van der Waals surface area contributed by atoms with E-state index < -0.39 is 0 Å². The lowest BCUT2D eigenvalue weighted by Gasteiger charge is -2.36. The van der Waals surface area contributed by atoms with Gasteiger partial charge >= 0.3 is 0 Å². The minimum atomic E-state index is 0.0204. The van der Waals surface area contributed by atoms with Crippen LogP contribution in [0.15, 0.2) is 48.7 Å². The van der Waals surface area contributed by atoms with E-state index >= 15 is 0 Å². The average Bonchev–Trinajstić information content (AvgIpc) is 2.61. The summed E-state index contributed by atoms with van der Waals surface area (Å²) in [5.41, 5.74) is 9.41. The van der Waals surface area contributed by atoms with Crippen LogP contribution in [0.25, 0.3) is 5.70 Å². The van der Waals surface area contributed by atoms with Gasteiger partial charge in [-0.15, -0.1) is 0 Å². The van der Waals surface area contributed by atoms with Crippen LogP contribution < -0.4 is 21.2 Å². The fourth-order valence-electron chi connectivity index (χ4n) is 3.52. The van der Waals surface area contributed by atoms with Gasteiger partial charge in [0.2, 0.25) is 5.91 Å². The van der Waals surface area contributed by atoms with E-state index in [-0.39, 0.29) is 11.9 Å². The summed E-state index contributed by atoms with van der Waals surface area (Å²) in [6.45, 7) is 3.66. The molecule has 6 nitrogen and oxygen atoms in total. The molecule has 27 heavy (non-hydrogen) atoms. The van der Waals surface area contributed by atoms with Crippen molar-refractivity contribution in [3.05, 3.63) is 59.8 Å². The Kier molecular flexibility index (Phi) is 5.37. The Labute approximate surface area is 160 Å². The number of hydrazine groups is 1. The van der Waals surface area contributed by atoms with Gasteiger partial charge in [0.25, 0.3) is 0 Å². The van der Waals surface area contributed by atoms with E-state index in [1.54, 1.807) is 20.2 Å².